The second-order valence-electron chi connectivity index (χ2n) is 8.30. The van der Waals surface area contributed by atoms with Gasteiger partial charge in [-0.25, -0.2) is 0 Å². The maximum Gasteiger partial charge on any atom is 0.238 e. The number of benzene rings is 2. The summed E-state index contributed by atoms with van der Waals surface area (Å²) >= 11 is 18.4. The number of amides is 2. The second-order valence-corrected chi connectivity index (χ2v) is 9.58. The molecule has 2 saturated carbocycles. The van der Waals surface area contributed by atoms with Crippen LogP contribution in [0.2, 0.25) is 15.1 Å². The molecule has 4 aliphatic rings. The molecular weight excluding hydrogens is 447 g/mol. The second kappa shape index (κ2) is 6.46. The van der Waals surface area contributed by atoms with Crippen LogP contribution in [0.1, 0.15) is 12.0 Å². The van der Waals surface area contributed by atoms with Gasteiger partial charge in [-0.3, -0.25) is 14.5 Å². The van der Waals surface area contributed by atoms with Gasteiger partial charge in [-0.2, -0.15) is 0 Å². The minimum Gasteiger partial charge on any atom is -0.391 e. The van der Waals surface area contributed by atoms with Gasteiger partial charge >= 0.3 is 0 Å². The number of hydrogen-bond donors (Lipinski definition) is 0. The van der Waals surface area contributed by atoms with Crippen molar-refractivity contribution in [3.63, 3.8) is 0 Å². The first-order chi connectivity index (χ1) is 14.5. The first-order valence-electron chi connectivity index (χ1n) is 9.78. The Labute approximate surface area is 187 Å². The molecular formula is C22H15Cl3N2O3. The van der Waals surface area contributed by atoms with Crippen molar-refractivity contribution < 1.29 is 14.4 Å². The summed E-state index contributed by atoms with van der Waals surface area (Å²) in [6.45, 7) is 0. The SMILES string of the molecule is O=C1[C@@H]2[C@H]3C[C@@H]([C@H]4ON=C(c5ccc(Cl)cc5Cl)[C@@H]34)[C@H]2C(=O)N1c1ccc(Cl)cc1. The monoisotopic (exact) mass is 460 g/mol. The molecule has 0 N–H and O–H groups in total. The molecule has 5 nitrogen and oxygen atoms in total. The maximum atomic E-state index is 13.4. The lowest BCUT2D eigenvalue weighted by Crippen LogP contribution is -2.41. The summed E-state index contributed by atoms with van der Waals surface area (Å²) in [4.78, 5) is 33.7. The zero-order chi connectivity index (χ0) is 20.7. The fourth-order valence-electron chi connectivity index (χ4n) is 5.89. The average Bonchev–Trinajstić information content (AvgIpc) is 3.44. The smallest absolute Gasteiger partial charge is 0.238 e. The molecule has 2 aromatic carbocycles. The van der Waals surface area contributed by atoms with Gasteiger partial charge in [0.05, 0.1) is 28.3 Å². The fourth-order valence-corrected chi connectivity index (χ4v) is 6.52. The summed E-state index contributed by atoms with van der Waals surface area (Å²) in [5.41, 5.74) is 2.07. The molecule has 2 aliphatic heterocycles. The van der Waals surface area contributed by atoms with E-state index >= 15 is 0 Å². The van der Waals surface area contributed by atoms with Gasteiger partial charge < -0.3 is 4.84 Å². The van der Waals surface area contributed by atoms with Crippen LogP contribution in [0.3, 0.4) is 0 Å². The summed E-state index contributed by atoms with van der Waals surface area (Å²) < 4.78 is 0. The van der Waals surface area contributed by atoms with Crippen molar-refractivity contribution in [2.75, 3.05) is 4.90 Å². The Balaban J connectivity index is 1.36. The molecule has 0 aromatic heterocycles. The van der Waals surface area contributed by atoms with Crippen molar-refractivity contribution in [3.05, 3.63) is 63.1 Å². The Hall–Kier alpha value is -2.08. The Kier molecular flexibility index (Phi) is 4.02. The number of imide groups is 1. The highest BCUT2D eigenvalue weighted by Crippen LogP contribution is 2.62. The first kappa shape index (κ1) is 18.7. The van der Waals surface area contributed by atoms with Crippen molar-refractivity contribution in [2.45, 2.75) is 12.5 Å². The predicted octanol–water partition coefficient (Wildman–Crippen LogP) is 4.82. The number of carbonyl (C=O) groups is 2. The van der Waals surface area contributed by atoms with E-state index in [2.05, 4.69) is 5.16 Å². The average molecular weight is 462 g/mol. The standard InChI is InChI=1S/C22H15Cl3N2O3/c23-9-1-4-11(5-2-9)27-21(28)16-13-8-14(17(16)22(27)29)20-18(13)19(26-30-20)12-6-3-10(24)7-15(12)25/h1-7,13-14,16-18,20H,8H2/t13-,14-,16-,17-,18-,20-/m1/s1. The lowest BCUT2D eigenvalue weighted by molar-refractivity contribution is -0.125. The number of halogens is 3. The number of hydrogen-bond acceptors (Lipinski definition) is 4. The van der Waals surface area contributed by atoms with Crippen LogP contribution >= 0.6 is 34.8 Å². The minimum atomic E-state index is -0.366. The maximum absolute atomic E-state index is 13.4. The quantitative estimate of drug-likeness (QED) is 0.602. The van der Waals surface area contributed by atoms with E-state index in [0.717, 1.165) is 17.7 Å². The van der Waals surface area contributed by atoms with Gasteiger partial charge in [0.15, 0.2) is 0 Å². The molecule has 30 heavy (non-hydrogen) atoms. The molecule has 6 rings (SSSR count). The van der Waals surface area contributed by atoms with Gasteiger partial charge in [0, 0.05) is 27.4 Å². The van der Waals surface area contributed by atoms with Gasteiger partial charge in [-0.15, -0.1) is 0 Å². The highest BCUT2D eigenvalue weighted by Gasteiger charge is 2.70. The van der Waals surface area contributed by atoms with Crippen molar-refractivity contribution in [1.29, 1.82) is 0 Å². The van der Waals surface area contributed by atoms with E-state index in [1.54, 1.807) is 36.4 Å². The van der Waals surface area contributed by atoms with Crippen LogP contribution in [0.5, 0.6) is 0 Å². The topological polar surface area (TPSA) is 59.0 Å². The van der Waals surface area contributed by atoms with Crippen LogP contribution in [0.15, 0.2) is 47.6 Å². The van der Waals surface area contributed by atoms with Crippen LogP contribution in [0.4, 0.5) is 5.69 Å². The van der Waals surface area contributed by atoms with E-state index in [1.165, 1.54) is 4.90 Å². The van der Waals surface area contributed by atoms with Gasteiger partial charge in [-0.1, -0.05) is 46.0 Å². The zero-order valence-corrected chi connectivity index (χ0v) is 17.7. The number of rotatable bonds is 2. The molecule has 1 saturated heterocycles. The number of oxime groups is 1. The van der Waals surface area contributed by atoms with E-state index < -0.39 is 0 Å². The van der Waals surface area contributed by atoms with Gasteiger partial charge in [0.25, 0.3) is 0 Å². The molecule has 0 unspecified atom stereocenters. The van der Waals surface area contributed by atoms with Crippen molar-refractivity contribution in [2.24, 2.45) is 34.7 Å². The van der Waals surface area contributed by atoms with Crippen molar-refractivity contribution in [1.82, 2.24) is 0 Å². The Bertz CT molecular complexity index is 1130. The van der Waals surface area contributed by atoms with Crippen LogP contribution in [-0.2, 0) is 14.4 Å². The molecule has 2 bridgehead atoms. The molecule has 2 amide bonds. The molecule has 2 aromatic rings. The normalized spacial score (nSPS) is 33.6. The Morgan fingerprint density at radius 1 is 0.867 bits per heavy atom. The highest BCUT2D eigenvalue weighted by molar-refractivity contribution is 6.37. The first-order valence-corrected chi connectivity index (χ1v) is 10.9. The van der Waals surface area contributed by atoms with Crippen LogP contribution in [-0.4, -0.2) is 23.6 Å². The van der Waals surface area contributed by atoms with E-state index in [1.807, 2.05) is 6.07 Å². The van der Waals surface area contributed by atoms with E-state index in [4.69, 9.17) is 39.6 Å². The summed E-state index contributed by atoms with van der Waals surface area (Å²) in [5.74, 6) is -1.13. The van der Waals surface area contributed by atoms with Crippen LogP contribution in [0.25, 0.3) is 0 Å². The van der Waals surface area contributed by atoms with Gasteiger partial charge in [-0.05, 0) is 48.7 Å². The molecule has 3 fully saturated rings. The zero-order valence-electron chi connectivity index (χ0n) is 15.5. The van der Waals surface area contributed by atoms with E-state index in [0.29, 0.717) is 20.8 Å². The van der Waals surface area contributed by atoms with Gasteiger partial charge in [0.1, 0.15) is 6.10 Å². The predicted molar refractivity (Wildman–Crippen MR) is 114 cm³/mol. The lowest BCUT2D eigenvalue weighted by Gasteiger charge is -2.30. The molecule has 8 heteroatoms. The molecule has 2 aliphatic carbocycles. The summed E-state index contributed by atoms with van der Waals surface area (Å²) in [7, 11) is 0. The van der Waals surface area contributed by atoms with Crippen LogP contribution in [0, 0.1) is 29.6 Å². The summed E-state index contributed by atoms with van der Waals surface area (Å²) in [5, 5.41) is 5.93. The van der Waals surface area contributed by atoms with Crippen LogP contribution < -0.4 is 4.90 Å². The minimum absolute atomic E-state index is 0.00764. The molecule has 152 valence electrons. The number of fused-ring (bicyclic) bond motifs is 8. The molecule has 2 heterocycles. The number of carbonyl (C=O) groups excluding carboxylic acids is 2. The largest absolute Gasteiger partial charge is 0.391 e. The van der Waals surface area contributed by atoms with Crippen molar-refractivity contribution in [3.8, 4) is 0 Å². The highest BCUT2D eigenvalue weighted by atomic mass is 35.5. The molecule has 6 atom stereocenters. The molecule has 0 spiro atoms. The fraction of sp³-hybridized carbons (Fsp3) is 0.318. The van der Waals surface area contributed by atoms with E-state index in [9.17, 15) is 9.59 Å². The third-order valence-corrected chi connectivity index (χ3v) is 7.78. The Morgan fingerprint density at radius 2 is 1.53 bits per heavy atom. The number of nitrogens with zero attached hydrogens (tertiary/aromatic N) is 2. The third kappa shape index (κ3) is 2.40. The molecule has 0 radical (unpaired) electrons. The van der Waals surface area contributed by atoms with Gasteiger partial charge in [0.2, 0.25) is 11.8 Å². The Morgan fingerprint density at radius 3 is 2.23 bits per heavy atom. The van der Waals surface area contributed by atoms with E-state index in [-0.39, 0.29) is 47.5 Å². The number of anilines is 1. The lowest BCUT2D eigenvalue weighted by atomic mass is 9.71. The summed E-state index contributed by atoms with van der Waals surface area (Å²) in [6, 6.07) is 12.1. The summed E-state index contributed by atoms with van der Waals surface area (Å²) in [6.07, 6.45) is 0.570. The van der Waals surface area contributed by atoms with Crippen molar-refractivity contribution >= 4 is 58.0 Å². The third-order valence-electron chi connectivity index (χ3n) is 6.98.